The number of amides is 1. The van der Waals surface area contributed by atoms with Gasteiger partial charge in [-0.15, -0.1) is 0 Å². The van der Waals surface area contributed by atoms with E-state index in [1.165, 1.54) is 6.07 Å². The topological polar surface area (TPSA) is 52.6 Å². The molecule has 1 aromatic carbocycles. The lowest BCUT2D eigenvalue weighted by molar-refractivity contribution is -0.133. The van der Waals surface area contributed by atoms with Crippen molar-refractivity contribution in [1.82, 2.24) is 10.2 Å². The molecule has 1 fully saturated rings. The van der Waals surface area contributed by atoms with Crippen LogP contribution in [-0.2, 0) is 11.3 Å². The van der Waals surface area contributed by atoms with Gasteiger partial charge in [0, 0.05) is 25.2 Å². The number of nitrogens with zero attached hydrogens (tertiary/aromatic N) is 1. The molecule has 0 spiro atoms. The van der Waals surface area contributed by atoms with E-state index < -0.39 is 5.60 Å². The van der Waals surface area contributed by atoms with Crippen LogP contribution in [0.5, 0.6) is 0 Å². The Kier molecular flexibility index (Phi) is 4.17. The highest BCUT2D eigenvalue weighted by Crippen LogP contribution is 2.23. The summed E-state index contributed by atoms with van der Waals surface area (Å²) in [5.74, 6) is -0.464. The number of likely N-dealkylation sites (tertiary alicyclic amines) is 1. The molecule has 104 valence electrons. The Hall–Kier alpha value is -1.46. The number of hydrogen-bond acceptors (Lipinski definition) is 3. The molecule has 4 nitrogen and oxygen atoms in total. The number of aliphatic hydroxyl groups is 1. The zero-order valence-electron chi connectivity index (χ0n) is 11.0. The maximum Gasteiger partial charge on any atom is 0.234 e. The van der Waals surface area contributed by atoms with Crippen molar-refractivity contribution in [3.8, 4) is 0 Å². The van der Waals surface area contributed by atoms with E-state index in [2.05, 4.69) is 5.32 Å². The molecular formula is C14H19FN2O2. The van der Waals surface area contributed by atoms with Crippen LogP contribution < -0.4 is 5.32 Å². The van der Waals surface area contributed by atoms with Crippen molar-refractivity contribution in [1.29, 1.82) is 0 Å². The van der Waals surface area contributed by atoms with Gasteiger partial charge < -0.3 is 10.4 Å². The van der Waals surface area contributed by atoms with Crippen LogP contribution >= 0.6 is 0 Å². The van der Waals surface area contributed by atoms with Crippen LogP contribution in [0.15, 0.2) is 24.3 Å². The van der Waals surface area contributed by atoms with E-state index in [-0.39, 0.29) is 24.8 Å². The Balaban J connectivity index is 1.73. The number of benzene rings is 1. The highest BCUT2D eigenvalue weighted by Gasteiger charge is 2.39. The maximum atomic E-state index is 13.3. The summed E-state index contributed by atoms with van der Waals surface area (Å²) in [6.45, 7) is 3.41. The van der Waals surface area contributed by atoms with E-state index >= 15 is 0 Å². The Morgan fingerprint density at radius 1 is 1.47 bits per heavy atom. The largest absolute Gasteiger partial charge is 0.387 e. The lowest BCUT2D eigenvalue weighted by Gasteiger charge is -2.45. The predicted octanol–water partition coefficient (Wildman–Crippen LogP) is 0.899. The van der Waals surface area contributed by atoms with Gasteiger partial charge in [0.15, 0.2) is 0 Å². The van der Waals surface area contributed by atoms with Crippen molar-refractivity contribution in [3.63, 3.8) is 0 Å². The number of carbonyl (C=O) groups is 1. The molecule has 5 heteroatoms. The first kappa shape index (κ1) is 14.0. The lowest BCUT2D eigenvalue weighted by atomic mass is 9.91. The lowest BCUT2D eigenvalue weighted by Crippen LogP contribution is -2.62. The molecule has 0 saturated carbocycles. The molecule has 1 heterocycles. The van der Waals surface area contributed by atoms with Gasteiger partial charge in [-0.25, -0.2) is 4.39 Å². The minimum absolute atomic E-state index is 0.151. The second-order valence-corrected chi connectivity index (χ2v) is 5.09. The molecule has 2 N–H and O–H groups in total. The molecule has 1 amide bonds. The fourth-order valence-electron chi connectivity index (χ4n) is 2.22. The van der Waals surface area contributed by atoms with Gasteiger partial charge in [-0.1, -0.05) is 25.1 Å². The molecule has 0 radical (unpaired) electrons. The van der Waals surface area contributed by atoms with E-state index in [1.54, 1.807) is 18.2 Å². The summed E-state index contributed by atoms with van der Waals surface area (Å²) >= 11 is 0. The Morgan fingerprint density at radius 2 is 2.16 bits per heavy atom. The van der Waals surface area contributed by atoms with Crippen molar-refractivity contribution in [2.24, 2.45) is 0 Å². The molecule has 0 unspecified atom stereocenters. The molecule has 1 aromatic rings. The summed E-state index contributed by atoms with van der Waals surface area (Å²) in [4.78, 5) is 13.5. The van der Waals surface area contributed by atoms with Gasteiger partial charge in [-0.3, -0.25) is 9.69 Å². The Morgan fingerprint density at radius 3 is 2.79 bits per heavy atom. The normalized spacial score (nSPS) is 17.8. The monoisotopic (exact) mass is 266 g/mol. The van der Waals surface area contributed by atoms with Crippen LogP contribution in [0.1, 0.15) is 18.9 Å². The number of halogens is 1. The van der Waals surface area contributed by atoms with Gasteiger partial charge in [0.2, 0.25) is 5.91 Å². The highest BCUT2D eigenvalue weighted by molar-refractivity contribution is 5.78. The minimum Gasteiger partial charge on any atom is -0.387 e. The predicted molar refractivity (Wildman–Crippen MR) is 69.9 cm³/mol. The number of nitrogens with one attached hydrogen (secondary N) is 1. The zero-order chi connectivity index (χ0) is 13.9. The number of β-amino-alcohol motifs (C(OH)–C–C–N with tert-alkyl or cyclic N) is 1. The quantitative estimate of drug-likeness (QED) is 0.832. The fraction of sp³-hybridized carbons (Fsp3) is 0.500. The molecule has 1 aliphatic rings. The zero-order valence-corrected chi connectivity index (χ0v) is 11.0. The first-order chi connectivity index (χ1) is 9.02. The highest BCUT2D eigenvalue weighted by atomic mass is 19.1. The maximum absolute atomic E-state index is 13.3. The summed E-state index contributed by atoms with van der Waals surface area (Å²) in [6.07, 6.45) is 0.695. The smallest absolute Gasteiger partial charge is 0.234 e. The number of rotatable bonds is 5. The molecule has 0 aliphatic carbocycles. The summed E-state index contributed by atoms with van der Waals surface area (Å²) in [5, 5.41) is 12.5. The third kappa shape index (κ3) is 3.52. The molecular weight excluding hydrogens is 247 g/mol. The fourth-order valence-corrected chi connectivity index (χ4v) is 2.22. The summed E-state index contributed by atoms with van der Waals surface area (Å²) in [7, 11) is 0. The molecule has 0 atom stereocenters. The SMILES string of the molecule is CCC1(O)CN(CC(=O)NCc2ccccc2F)C1. The van der Waals surface area contributed by atoms with Crippen LogP contribution in [0, 0.1) is 5.82 Å². The number of hydrogen-bond donors (Lipinski definition) is 2. The van der Waals surface area contributed by atoms with E-state index in [0.29, 0.717) is 25.1 Å². The van der Waals surface area contributed by atoms with Gasteiger partial charge in [0.1, 0.15) is 5.82 Å². The average molecular weight is 266 g/mol. The van der Waals surface area contributed by atoms with Crippen molar-refractivity contribution in [2.75, 3.05) is 19.6 Å². The first-order valence-corrected chi connectivity index (χ1v) is 6.47. The third-order valence-electron chi connectivity index (χ3n) is 3.50. The minimum atomic E-state index is -0.633. The van der Waals surface area contributed by atoms with E-state index in [9.17, 15) is 14.3 Å². The van der Waals surface area contributed by atoms with Crippen LogP contribution in [0.2, 0.25) is 0 Å². The van der Waals surface area contributed by atoms with Gasteiger partial charge >= 0.3 is 0 Å². The van der Waals surface area contributed by atoms with Crippen molar-refractivity contribution >= 4 is 5.91 Å². The second kappa shape index (κ2) is 5.67. The number of carbonyl (C=O) groups excluding carboxylic acids is 1. The summed E-state index contributed by atoms with van der Waals surface area (Å²) in [5.41, 5.74) is -0.157. The van der Waals surface area contributed by atoms with Gasteiger partial charge in [-0.05, 0) is 12.5 Å². The molecule has 0 aromatic heterocycles. The van der Waals surface area contributed by atoms with Crippen molar-refractivity contribution in [3.05, 3.63) is 35.6 Å². The van der Waals surface area contributed by atoms with Gasteiger partial charge in [-0.2, -0.15) is 0 Å². The summed E-state index contributed by atoms with van der Waals surface area (Å²) < 4.78 is 13.3. The van der Waals surface area contributed by atoms with Crippen molar-refractivity contribution in [2.45, 2.75) is 25.5 Å². The molecule has 1 aliphatic heterocycles. The van der Waals surface area contributed by atoms with Crippen LogP contribution in [0.3, 0.4) is 0 Å². The molecule has 19 heavy (non-hydrogen) atoms. The molecule has 2 rings (SSSR count). The molecule has 1 saturated heterocycles. The van der Waals surface area contributed by atoms with Gasteiger partial charge in [0.25, 0.3) is 0 Å². The third-order valence-corrected chi connectivity index (χ3v) is 3.50. The van der Waals surface area contributed by atoms with Crippen molar-refractivity contribution < 1.29 is 14.3 Å². The first-order valence-electron chi connectivity index (χ1n) is 6.47. The average Bonchev–Trinajstić information content (AvgIpc) is 2.36. The van der Waals surface area contributed by atoms with E-state index in [0.717, 1.165) is 0 Å². The van der Waals surface area contributed by atoms with Crippen LogP contribution in [0.4, 0.5) is 4.39 Å². The summed E-state index contributed by atoms with van der Waals surface area (Å²) in [6, 6.07) is 6.38. The molecule has 0 bridgehead atoms. The van der Waals surface area contributed by atoms with E-state index in [1.807, 2.05) is 11.8 Å². The Labute approximate surface area is 112 Å². The van der Waals surface area contributed by atoms with E-state index in [4.69, 9.17) is 0 Å². The second-order valence-electron chi connectivity index (χ2n) is 5.09. The standard InChI is InChI=1S/C14H19FN2O2/c1-2-14(19)9-17(10-14)8-13(18)16-7-11-5-3-4-6-12(11)15/h3-6,19H,2,7-10H2,1H3,(H,16,18). The van der Waals surface area contributed by atoms with Crippen LogP contribution in [0.25, 0.3) is 0 Å². The van der Waals surface area contributed by atoms with Gasteiger partial charge in [0.05, 0.1) is 12.1 Å². The Bertz CT molecular complexity index is 459. The van der Waals surface area contributed by atoms with Crippen LogP contribution in [-0.4, -0.2) is 41.1 Å².